The molecule has 0 bridgehead atoms. The van der Waals surface area contributed by atoms with E-state index in [1.54, 1.807) is 0 Å². The molecule has 1 aliphatic carbocycles. The lowest BCUT2D eigenvalue weighted by atomic mass is 9.74. The van der Waals surface area contributed by atoms with Crippen LogP contribution >= 0.6 is 0 Å². The zero-order chi connectivity index (χ0) is 13.8. The minimum Gasteiger partial charge on any atom is -0.393 e. The fourth-order valence-electron chi connectivity index (χ4n) is 3.75. The molecule has 0 spiro atoms. The van der Waals surface area contributed by atoms with Crippen LogP contribution in [0.2, 0.25) is 0 Å². The van der Waals surface area contributed by atoms with Crippen molar-refractivity contribution in [3.63, 3.8) is 0 Å². The summed E-state index contributed by atoms with van der Waals surface area (Å²) in [7, 11) is 1.82. The number of likely N-dealkylation sites (tertiary alicyclic amines) is 1. The summed E-state index contributed by atoms with van der Waals surface area (Å²) in [5.41, 5.74) is 0. The van der Waals surface area contributed by atoms with Crippen molar-refractivity contribution in [1.82, 2.24) is 4.90 Å². The largest absolute Gasteiger partial charge is 0.393 e. The standard InChI is InChI=1S/C16H31NO2/c1-12(2)13-4-5-16(18)14(10-13)11-17-8-6-15(19-3)7-9-17/h12-16,18H,4-11H2,1-3H3. The molecule has 1 saturated carbocycles. The van der Waals surface area contributed by atoms with Gasteiger partial charge >= 0.3 is 0 Å². The van der Waals surface area contributed by atoms with Crippen LogP contribution in [-0.2, 0) is 4.74 Å². The summed E-state index contributed by atoms with van der Waals surface area (Å²) in [6.07, 6.45) is 6.09. The van der Waals surface area contributed by atoms with Gasteiger partial charge in [-0.25, -0.2) is 0 Å². The molecule has 19 heavy (non-hydrogen) atoms. The van der Waals surface area contributed by atoms with Gasteiger partial charge in [0.1, 0.15) is 0 Å². The van der Waals surface area contributed by atoms with Crippen LogP contribution in [0.25, 0.3) is 0 Å². The van der Waals surface area contributed by atoms with E-state index >= 15 is 0 Å². The lowest BCUT2D eigenvalue weighted by Crippen LogP contribution is -2.44. The van der Waals surface area contributed by atoms with Crippen molar-refractivity contribution in [3.8, 4) is 0 Å². The van der Waals surface area contributed by atoms with Crippen LogP contribution in [0, 0.1) is 17.8 Å². The normalized spacial score (nSPS) is 34.9. The molecule has 3 nitrogen and oxygen atoms in total. The van der Waals surface area contributed by atoms with Crippen molar-refractivity contribution >= 4 is 0 Å². The number of aliphatic hydroxyl groups is 1. The third kappa shape index (κ3) is 4.17. The van der Waals surface area contributed by atoms with Crippen LogP contribution in [0.15, 0.2) is 0 Å². The third-order valence-corrected chi connectivity index (χ3v) is 5.29. The fourth-order valence-corrected chi connectivity index (χ4v) is 3.75. The van der Waals surface area contributed by atoms with Gasteiger partial charge in [-0.15, -0.1) is 0 Å². The summed E-state index contributed by atoms with van der Waals surface area (Å²) in [6.45, 7) is 8.00. The van der Waals surface area contributed by atoms with Crippen molar-refractivity contribution in [2.75, 3.05) is 26.7 Å². The zero-order valence-electron chi connectivity index (χ0n) is 12.8. The van der Waals surface area contributed by atoms with E-state index in [2.05, 4.69) is 18.7 Å². The monoisotopic (exact) mass is 269 g/mol. The van der Waals surface area contributed by atoms with E-state index in [1.807, 2.05) is 7.11 Å². The van der Waals surface area contributed by atoms with Gasteiger partial charge in [0, 0.05) is 26.7 Å². The Labute approximate surface area is 118 Å². The number of nitrogens with zero attached hydrogens (tertiary/aromatic N) is 1. The maximum Gasteiger partial charge on any atom is 0.0595 e. The predicted octanol–water partition coefficient (Wildman–Crippen LogP) is 2.53. The Bertz CT molecular complexity index is 261. The minimum absolute atomic E-state index is 0.0739. The van der Waals surface area contributed by atoms with Crippen LogP contribution in [0.5, 0.6) is 0 Å². The molecule has 2 aliphatic rings. The molecule has 0 amide bonds. The van der Waals surface area contributed by atoms with Gasteiger partial charge in [-0.05, 0) is 49.9 Å². The number of aliphatic hydroxyl groups excluding tert-OH is 1. The van der Waals surface area contributed by atoms with E-state index in [-0.39, 0.29) is 6.10 Å². The van der Waals surface area contributed by atoms with E-state index in [4.69, 9.17) is 4.74 Å². The molecular weight excluding hydrogens is 238 g/mol. The average Bonchev–Trinajstić information content (AvgIpc) is 2.42. The summed E-state index contributed by atoms with van der Waals surface area (Å²) >= 11 is 0. The predicted molar refractivity (Wildman–Crippen MR) is 78.1 cm³/mol. The van der Waals surface area contributed by atoms with Crippen LogP contribution in [0.3, 0.4) is 0 Å². The van der Waals surface area contributed by atoms with Crippen LogP contribution < -0.4 is 0 Å². The Morgan fingerprint density at radius 1 is 1.16 bits per heavy atom. The summed E-state index contributed by atoms with van der Waals surface area (Å²) in [4.78, 5) is 2.53. The summed E-state index contributed by atoms with van der Waals surface area (Å²) in [5, 5.41) is 10.2. The highest BCUT2D eigenvalue weighted by Gasteiger charge is 2.32. The highest BCUT2D eigenvalue weighted by Crippen LogP contribution is 2.34. The summed E-state index contributed by atoms with van der Waals surface area (Å²) in [5.74, 6) is 2.05. The minimum atomic E-state index is -0.0739. The Balaban J connectivity index is 1.80. The van der Waals surface area contributed by atoms with Crippen molar-refractivity contribution in [1.29, 1.82) is 0 Å². The van der Waals surface area contributed by atoms with E-state index < -0.39 is 0 Å². The first-order valence-electron chi connectivity index (χ1n) is 8.03. The lowest BCUT2D eigenvalue weighted by Gasteiger charge is -2.40. The molecule has 1 saturated heterocycles. The first-order chi connectivity index (χ1) is 9.10. The van der Waals surface area contributed by atoms with Gasteiger partial charge in [-0.1, -0.05) is 13.8 Å². The van der Waals surface area contributed by atoms with E-state index in [9.17, 15) is 5.11 Å². The van der Waals surface area contributed by atoms with E-state index in [1.165, 1.54) is 12.8 Å². The van der Waals surface area contributed by atoms with Crippen LogP contribution in [-0.4, -0.2) is 49.0 Å². The second-order valence-electron chi connectivity index (χ2n) is 6.88. The van der Waals surface area contributed by atoms with Crippen molar-refractivity contribution in [2.45, 2.75) is 58.2 Å². The SMILES string of the molecule is COC1CCN(CC2CC(C(C)C)CCC2O)CC1. The highest BCUT2D eigenvalue weighted by atomic mass is 16.5. The Hall–Kier alpha value is -0.120. The molecule has 1 N–H and O–H groups in total. The molecule has 0 aromatic heterocycles. The molecular formula is C16H31NO2. The lowest BCUT2D eigenvalue weighted by molar-refractivity contribution is -0.00284. The average molecular weight is 269 g/mol. The fraction of sp³-hybridized carbons (Fsp3) is 1.00. The topological polar surface area (TPSA) is 32.7 Å². The molecule has 112 valence electrons. The molecule has 0 radical (unpaired) electrons. The maximum atomic E-state index is 10.2. The van der Waals surface area contributed by atoms with Crippen molar-refractivity contribution < 1.29 is 9.84 Å². The molecule has 2 fully saturated rings. The molecule has 2 rings (SSSR count). The van der Waals surface area contributed by atoms with E-state index in [0.29, 0.717) is 12.0 Å². The van der Waals surface area contributed by atoms with Crippen LogP contribution in [0.1, 0.15) is 46.0 Å². The first-order valence-corrected chi connectivity index (χ1v) is 8.03. The second kappa shape index (κ2) is 7.05. The Kier molecular flexibility index (Phi) is 5.67. The Morgan fingerprint density at radius 3 is 2.42 bits per heavy atom. The van der Waals surface area contributed by atoms with Gasteiger partial charge in [-0.3, -0.25) is 0 Å². The van der Waals surface area contributed by atoms with Gasteiger partial charge in [-0.2, -0.15) is 0 Å². The summed E-state index contributed by atoms with van der Waals surface area (Å²) in [6, 6.07) is 0. The maximum absolute atomic E-state index is 10.2. The number of rotatable bonds is 4. The van der Waals surface area contributed by atoms with Crippen LogP contribution in [0.4, 0.5) is 0 Å². The van der Waals surface area contributed by atoms with E-state index in [0.717, 1.165) is 50.7 Å². The Morgan fingerprint density at radius 2 is 1.84 bits per heavy atom. The number of piperidine rings is 1. The van der Waals surface area contributed by atoms with Gasteiger partial charge in [0.2, 0.25) is 0 Å². The third-order valence-electron chi connectivity index (χ3n) is 5.29. The smallest absolute Gasteiger partial charge is 0.0595 e. The molecule has 1 aliphatic heterocycles. The first kappa shape index (κ1) is 15.3. The van der Waals surface area contributed by atoms with Crippen molar-refractivity contribution in [2.24, 2.45) is 17.8 Å². The molecule has 3 unspecified atom stereocenters. The number of ether oxygens (including phenoxy) is 1. The second-order valence-corrected chi connectivity index (χ2v) is 6.88. The van der Waals surface area contributed by atoms with Gasteiger partial charge in [0.25, 0.3) is 0 Å². The summed E-state index contributed by atoms with van der Waals surface area (Å²) < 4.78 is 5.42. The molecule has 1 heterocycles. The molecule has 3 atom stereocenters. The number of methoxy groups -OCH3 is 1. The molecule has 0 aromatic rings. The number of hydrogen-bond acceptors (Lipinski definition) is 3. The highest BCUT2D eigenvalue weighted by molar-refractivity contribution is 4.84. The number of hydrogen-bond donors (Lipinski definition) is 1. The zero-order valence-corrected chi connectivity index (χ0v) is 12.8. The van der Waals surface area contributed by atoms with Gasteiger partial charge < -0.3 is 14.7 Å². The molecule has 3 heteroatoms. The molecule has 0 aromatic carbocycles. The van der Waals surface area contributed by atoms with Gasteiger partial charge in [0.05, 0.1) is 12.2 Å². The quantitative estimate of drug-likeness (QED) is 0.851. The van der Waals surface area contributed by atoms with Gasteiger partial charge in [0.15, 0.2) is 0 Å². The van der Waals surface area contributed by atoms with Crippen molar-refractivity contribution in [3.05, 3.63) is 0 Å².